The summed E-state index contributed by atoms with van der Waals surface area (Å²) in [6.45, 7) is 2.01. The van der Waals surface area contributed by atoms with Gasteiger partial charge in [-0.3, -0.25) is 4.79 Å². The van der Waals surface area contributed by atoms with E-state index in [1.807, 2.05) is 24.1 Å². The molecule has 1 amide bonds. The fourth-order valence-corrected chi connectivity index (χ4v) is 1.93. The van der Waals surface area contributed by atoms with Crippen LogP contribution in [0.1, 0.15) is 0 Å². The molecule has 0 saturated carbocycles. The van der Waals surface area contributed by atoms with Crippen molar-refractivity contribution in [2.45, 2.75) is 0 Å². The van der Waals surface area contributed by atoms with Gasteiger partial charge in [0.05, 0.1) is 17.9 Å². The number of halogens is 1. The zero-order chi connectivity index (χ0) is 11.5. The highest BCUT2D eigenvalue weighted by atomic mass is 35.5. The number of anilines is 2. The van der Waals surface area contributed by atoms with E-state index in [4.69, 9.17) is 11.6 Å². The summed E-state index contributed by atoms with van der Waals surface area (Å²) in [4.78, 5) is 13.5. The van der Waals surface area contributed by atoms with Crippen molar-refractivity contribution in [2.24, 2.45) is 0 Å². The lowest BCUT2D eigenvalue weighted by Crippen LogP contribution is -2.41. The van der Waals surface area contributed by atoms with Crippen LogP contribution in [0.15, 0.2) is 18.2 Å². The molecule has 4 nitrogen and oxygen atoms in total. The van der Waals surface area contributed by atoms with Crippen LogP contribution in [0.4, 0.5) is 11.4 Å². The van der Waals surface area contributed by atoms with Gasteiger partial charge in [0.25, 0.3) is 0 Å². The van der Waals surface area contributed by atoms with Gasteiger partial charge in [-0.2, -0.15) is 0 Å². The second-order valence-corrected chi connectivity index (χ2v) is 4.17. The molecule has 1 aliphatic rings. The fourth-order valence-electron chi connectivity index (χ4n) is 1.77. The number of amides is 1. The van der Waals surface area contributed by atoms with Crippen LogP contribution in [-0.4, -0.2) is 32.6 Å². The standard InChI is InChI=1S/C11H14ClN3O/c1-13-4-5-15-7-11(16)14-9-3-2-8(12)6-10(9)15/h2-3,6,13H,4-5,7H2,1H3,(H,14,16). The van der Waals surface area contributed by atoms with Gasteiger partial charge in [0.15, 0.2) is 0 Å². The maximum atomic E-state index is 11.5. The molecule has 86 valence electrons. The number of fused-ring (bicyclic) bond motifs is 1. The number of nitrogens with zero attached hydrogens (tertiary/aromatic N) is 1. The molecule has 0 atom stereocenters. The topological polar surface area (TPSA) is 44.4 Å². The second kappa shape index (κ2) is 4.72. The Balaban J connectivity index is 2.28. The van der Waals surface area contributed by atoms with Crippen molar-refractivity contribution in [1.29, 1.82) is 0 Å². The molecule has 0 bridgehead atoms. The van der Waals surface area contributed by atoms with Crippen LogP contribution in [0.3, 0.4) is 0 Å². The van der Waals surface area contributed by atoms with Crippen molar-refractivity contribution in [3.05, 3.63) is 23.2 Å². The van der Waals surface area contributed by atoms with E-state index in [2.05, 4.69) is 10.6 Å². The first-order valence-corrected chi connectivity index (χ1v) is 5.57. The van der Waals surface area contributed by atoms with Crippen molar-refractivity contribution in [2.75, 3.05) is 36.9 Å². The van der Waals surface area contributed by atoms with E-state index in [0.717, 1.165) is 24.5 Å². The third kappa shape index (κ3) is 2.28. The van der Waals surface area contributed by atoms with Crippen molar-refractivity contribution >= 4 is 28.9 Å². The minimum Gasteiger partial charge on any atom is -0.359 e. The highest BCUT2D eigenvalue weighted by Crippen LogP contribution is 2.31. The third-order valence-corrected chi connectivity index (χ3v) is 2.78. The molecule has 1 heterocycles. The maximum absolute atomic E-state index is 11.5. The molecule has 0 aromatic heterocycles. The van der Waals surface area contributed by atoms with Crippen LogP contribution in [0.25, 0.3) is 0 Å². The van der Waals surface area contributed by atoms with Crippen LogP contribution in [-0.2, 0) is 4.79 Å². The number of hydrogen-bond donors (Lipinski definition) is 2. The maximum Gasteiger partial charge on any atom is 0.243 e. The Labute approximate surface area is 99.6 Å². The summed E-state index contributed by atoms with van der Waals surface area (Å²) in [6.07, 6.45) is 0. The van der Waals surface area contributed by atoms with Crippen LogP contribution in [0.2, 0.25) is 5.02 Å². The smallest absolute Gasteiger partial charge is 0.243 e. The summed E-state index contributed by atoms with van der Waals surface area (Å²) in [6, 6.07) is 5.50. The number of hydrogen-bond acceptors (Lipinski definition) is 3. The minimum absolute atomic E-state index is 0.0194. The molecule has 2 rings (SSSR count). The summed E-state index contributed by atoms with van der Waals surface area (Å²) < 4.78 is 0. The zero-order valence-electron chi connectivity index (χ0n) is 9.09. The molecular formula is C11H14ClN3O. The monoisotopic (exact) mass is 239 g/mol. The van der Waals surface area contributed by atoms with Gasteiger partial charge in [-0.25, -0.2) is 0 Å². The summed E-state index contributed by atoms with van der Waals surface area (Å²) in [5.74, 6) is 0.0194. The predicted octanol–water partition coefficient (Wildman–Crippen LogP) is 1.32. The zero-order valence-corrected chi connectivity index (χ0v) is 9.84. The molecule has 0 unspecified atom stereocenters. The molecule has 5 heteroatoms. The van der Waals surface area contributed by atoms with Gasteiger partial charge in [0.2, 0.25) is 5.91 Å². The van der Waals surface area contributed by atoms with Gasteiger partial charge in [0.1, 0.15) is 0 Å². The number of benzene rings is 1. The van der Waals surface area contributed by atoms with Crippen LogP contribution in [0.5, 0.6) is 0 Å². The van der Waals surface area contributed by atoms with E-state index in [0.29, 0.717) is 11.6 Å². The molecule has 0 aliphatic carbocycles. The third-order valence-electron chi connectivity index (χ3n) is 2.54. The number of carbonyl (C=O) groups is 1. The summed E-state index contributed by atoms with van der Waals surface area (Å²) in [7, 11) is 1.89. The molecule has 0 fully saturated rings. The van der Waals surface area contributed by atoms with Gasteiger partial charge in [-0.15, -0.1) is 0 Å². The quantitative estimate of drug-likeness (QED) is 0.836. The normalized spacial score (nSPS) is 14.6. The van der Waals surface area contributed by atoms with Crippen molar-refractivity contribution in [3.63, 3.8) is 0 Å². The van der Waals surface area contributed by atoms with Gasteiger partial charge in [0, 0.05) is 18.1 Å². The second-order valence-electron chi connectivity index (χ2n) is 3.73. The highest BCUT2D eigenvalue weighted by molar-refractivity contribution is 6.31. The first kappa shape index (κ1) is 11.2. The summed E-state index contributed by atoms with van der Waals surface area (Å²) >= 11 is 5.96. The first-order valence-electron chi connectivity index (χ1n) is 5.19. The van der Waals surface area contributed by atoms with Crippen molar-refractivity contribution in [3.8, 4) is 0 Å². The predicted molar refractivity (Wildman–Crippen MR) is 66.2 cm³/mol. The molecule has 1 aromatic carbocycles. The Morgan fingerprint density at radius 1 is 1.56 bits per heavy atom. The Morgan fingerprint density at radius 2 is 2.38 bits per heavy atom. The van der Waals surface area contributed by atoms with Gasteiger partial charge in [-0.05, 0) is 25.2 Å². The fraction of sp³-hybridized carbons (Fsp3) is 0.364. The van der Waals surface area contributed by atoms with Crippen LogP contribution >= 0.6 is 11.6 Å². The molecule has 0 spiro atoms. The number of likely N-dealkylation sites (N-methyl/N-ethyl adjacent to an activating group) is 1. The summed E-state index contributed by atoms with van der Waals surface area (Å²) in [5.41, 5.74) is 1.82. The molecular weight excluding hydrogens is 226 g/mol. The molecule has 2 N–H and O–H groups in total. The van der Waals surface area contributed by atoms with E-state index < -0.39 is 0 Å². The van der Waals surface area contributed by atoms with E-state index in [1.165, 1.54) is 0 Å². The Morgan fingerprint density at radius 3 is 3.12 bits per heavy atom. The lowest BCUT2D eigenvalue weighted by molar-refractivity contribution is -0.115. The van der Waals surface area contributed by atoms with Gasteiger partial charge < -0.3 is 15.5 Å². The molecule has 1 aromatic rings. The molecule has 16 heavy (non-hydrogen) atoms. The number of nitrogens with one attached hydrogen (secondary N) is 2. The Hall–Kier alpha value is -1.26. The average Bonchev–Trinajstić information content (AvgIpc) is 2.26. The van der Waals surface area contributed by atoms with E-state index in [-0.39, 0.29) is 5.91 Å². The van der Waals surface area contributed by atoms with E-state index in [9.17, 15) is 4.79 Å². The number of carbonyl (C=O) groups excluding carboxylic acids is 1. The summed E-state index contributed by atoms with van der Waals surface area (Å²) in [5, 5.41) is 6.59. The Kier molecular flexibility index (Phi) is 3.31. The van der Waals surface area contributed by atoms with Gasteiger partial charge in [-0.1, -0.05) is 11.6 Å². The van der Waals surface area contributed by atoms with Crippen LogP contribution in [0, 0.1) is 0 Å². The van der Waals surface area contributed by atoms with Gasteiger partial charge >= 0.3 is 0 Å². The average molecular weight is 240 g/mol. The van der Waals surface area contributed by atoms with Crippen molar-refractivity contribution in [1.82, 2.24) is 5.32 Å². The lowest BCUT2D eigenvalue weighted by Gasteiger charge is -2.30. The number of rotatable bonds is 3. The molecule has 0 radical (unpaired) electrons. The Bertz CT molecular complexity index is 408. The first-order chi connectivity index (χ1) is 7.70. The SMILES string of the molecule is CNCCN1CC(=O)Nc2ccc(Cl)cc21. The van der Waals surface area contributed by atoms with Crippen molar-refractivity contribution < 1.29 is 4.79 Å². The van der Waals surface area contributed by atoms with E-state index in [1.54, 1.807) is 6.07 Å². The lowest BCUT2D eigenvalue weighted by atomic mass is 10.2. The largest absolute Gasteiger partial charge is 0.359 e. The molecule has 0 saturated heterocycles. The minimum atomic E-state index is 0.0194. The van der Waals surface area contributed by atoms with Crippen LogP contribution < -0.4 is 15.5 Å². The van der Waals surface area contributed by atoms with E-state index >= 15 is 0 Å². The molecule has 1 aliphatic heterocycles. The highest BCUT2D eigenvalue weighted by Gasteiger charge is 2.21.